The molecule has 5 heteroatoms. The first-order valence-electron chi connectivity index (χ1n) is 4.73. The van der Waals surface area contributed by atoms with Gasteiger partial charge in [-0.25, -0.2) is 0 Å². The highest BCUT2D eigenvalue weighted by atomic mass is 79.9. The molecule has 0 aliphatic heterocycles. The average Bonchev–Trinajstić information content (AvgIpc) is 2.81. The number of hydrogen-bond acceptors (Lipinski definition) is 3. The first kappa shape index (κ1) is 9.47. The summed E-state index contributed by atoms with van der Waals surface area (Å²) in [5.74, 6) is 0. The van der Waals surface area contributed by atoms with Crippen LogP contribution in [0.1, 0.15) is 0 Å². The molecule has 3 aromatic rings. The Morgan fingerprint density at radius 2 is 1.88 bits per heavy atom. The van der Waals surface area contributed by atoms with Crippen molar-refractivity contribution in [2.24, 2.45) is 0 Å². The normalized spacial score (nSPS) is 10.8. The summed E-state index contributed by atoms with van der Waals surface area (Å²) in [6.07, 6.45) is 5.11. The smallest absolute Gasteiger partial charge is 0.123 e. The van der Waals surface area contributed by atoms with Crippen molar-refractivity contribution in [3.8, 4) is 5.69 Å². The first-order valence-corrected chi connectivity index (χ1v) is 5.52. The van der Waals surface area contributed by atoms with E-state index in [0.717, 1.165) is 21.1 Å². The van der Waals surface area contributed by atoms with Gasteiger partial charge in [-0.15, -0.1) is 10.2 Å². The summed E-state index contributed by atoms with van der Waals surface area (Å²) in [6, 6.07) is 8.05. The maximum atomic E-state index is 4.38. The molecular formula is C11H7BrN4. The highest BCUT2D eigenvalue weighted by Gasteiger charge is 2.00. The van der Waals surface area contributed by atoms with Gasteiger partial charge in [-0.05, 0) is 24.3 Å². The molecule has 0 atom stereocenters. The molecule has 2 heterocycles. The molecule has 4 nitrogen and oxygen atoms in total. The van der Waals surface area contributed by atoms with Gasteiger partial charge in [-0.1, -0.05) is 15.9 Å². The van der Waals surface area contributed by atoms with Gasteiger partial charge in [0, 0.05) is 9.86 Å². The number of fused-ring (bicyclic) bond motifs is 1. The van der Waals surface area contributed by atoms with Crippen LogP contribution in [0.3, 0.4) is 0 Å². The van der Waals surface area contributed by atoms with Crippen molar-refractivity contribution in [2.75, 3.05) is 0 Å². The highest BCUT2D eigenvalue weighted by Crippen LogP contribution is 2.20. The summed E-state index contributed by atoms with van der Waals surface area (Å²) in [5.41, 5.74) is 1.93. The Kier molecular flexibility index (Phi) is 2.18. The van der Waals surface area contributed by atoms with Gasteiger partial charge < -0.3 is 0 Å². The second kappa shape index (κ2) is 3.68. The lowest BCUT2D eigenvalue weighted by molar-refractivity contribution is 1.05. The molecule has 0 amide bonds. The summed E-state index contributed by atoms with van der Waals surface area (Å²) in [5, 5.41) is 8.63. The number of hydrogen-bond donors (Lipinski definition) is 0. The van der Waals surface area contributed by atoms with E-state index < -0.39 is 0 Å². The van der Waals surface area contributed by atoms with E-state index >= 15 is 0 Å². The molecule has 0 N–H and O–H groups in total. The van der Waals surface area contributed by atoms with Crippen LogP contribution in [0.2, 0.25) is 0 Å². The third-order valence-electron chi connectivity index (χ3n) is 2.35. The van der Waals surface area contributed by atoms with Crippen LogP contribution in [0.4, 0.5) is 0 Å². The fourth-order valence-corrected chi connectivity index (χ4v) is 1.94. The molecule has 0 bridgehead atoms. The molecule has 0 fully saturated rings. The van der Waals surface area contributed by atoms with Crippen molar-refractivity contribution in [2.45, 2.75) is 0 Å². The van der Waals surface area contributed by atoms with Crippen molar-refractivity contribution in [1.82, 2.24) is 19.7 Å². The van der Waals surface area contributed by atoms with Gasteiger partial charge in [0.15, 0.2) is 0 Å². The third-order valence-corrected chi connectivity index (χ3v) is 2.84. The van der Waals surface area contributed by atoms with Crippen LogP contribution in [-0.4, -0.2) is 19.7 Å². The largest absolute Gasteiger partial charge is 0.287 e. The van der Waals surface area contributed by atoms with E-state index in [9.17, 15) is 0 Å². The number of rotatable bonds is 1. The summed E-state index contributed by atoms with van der Waals surface area (Å²) in [7, 11) is 0. The van der Waals surface area contributed by atoms with Gasteiger partial charge in [0.1, 0.15) is 12.7 Å². The Labute approximate surface area is 100 Å². The minimum Gasteiger partial charge on any atom is -0.287 e. The Bertz CT molecular complexity index is 634. The van der Waals surface area contributed by atoms with Crippen molar-refractivity contribution < 1.29 is 0 Å². The van der Waals surface area contributed by atoms with E-state index in [2.05, 4.69) is 37.2 Å². The maximum Gasteiger partial charge on any atom is 0.123 e. The van der Waals surface area contributed by atoms with E-state index in [1.165, 1.54) is 0 Å². The molecule has 1 aromatic carbocycles. The van der Waals surface area contributed by atoms with Crippen molar-refractivity contribution in [3.05, 3.63) is 47.6 Å². The standard InChI is InChI=1S/C11H7BrN4/c12-9-1-2-11-8(3-9)4-10(5-13-11)16-6-14-15-7-16/h1-7H. The van der Waals surface area contributed by atoms with Crippen LogP contribution in [0.5, 0.6) is 0 Å². The second-order valence-corrected chi connectivity index (χ2v) is 4.32. The van der Waals surface area contributed by atoms with E-state index in [0.29, 0.717) is 0 Å². The third kappa shape index (κ3) is 1.59. The molecule has 0 unspecified atom stereocenters. The maximum absolute atomic E-state index is 4.38. The van der Waals surface area contributed by atoms with Gasteiger partial charge in [0.05, 0.1) is 17.4 Å². The number of pyridine rings is 1. The summed E-state index contributed by atoms with van der Waals surface area (Å²) < 4.78 is 2.87. The summed E-state index contributed by atoms with van der Waals surface area (Å²) >= 11 is 3.45. The zero-order valence-electron chi connectivity index (χ0n) is 8.21. The van der Waals surface area contributed by atoms with Gasteiger partial charge in [-0.2, -0.15) is 0 Å². The lowest BCUT2D eigenvalue weighted by Gasteiger charge is -2.03. The van der Waals surface area contributed by atoms with Gasteiger partial charge in [-0.3, -0.25) is 9.55 Å². The van der Waals surface area contributed by atoms with Crippen LogP contribution < -0.4 is 0 Å². The van der Waals surface area contributed by atoms with Gasteiger partial charge in [0.2, 0.25) is 0 Å². The Balaban J connectivity index is 2.22. The zero-order valence-corrected chi connectivity index (χ0v) is 9.79. The minimum absolute atomic E-state index is 0.954. The minimum atomic E-state index is 0.954. The molecule has 3 rings (SSSR count). The molecule has 0 radical (unpaired) electrons. The SMILES string of the molecule is Brc1ccc2ncc(-n3cnnc3)cc2c1. The molecular weight excluding hydrogens is 268 g/mol. The Morgan fingerprint density at radius 1 is 1.06 bits per heavy atom. The van der Waals surface area contributed by atoms with Crippen LogP contribution in [0.25, 0.3) is 16.6 Å². The fraction of sp³-hybridized carbons (Fsp3) is 0. The number of nitrogens with zero attached hydrogens (tertiary/aromatic N) is 4. The molecule has 2 aromatic heterocycles. The quantitative estimate of drug-likeness (QED) is 0.685. The fourth-order valence-electron chi connectivity index (χ4n) is 1.57. The molecule has 16 heavy (non-hydrogen) atoms. The zero-order chi connectivity index (χ0) is 11.0. The number of halogens is 1. The topological polar surface area (TPSA) is 43.6 Å². The predicted molar refractivity (Wildman–Crippen MR) is 64.4 cm³/mol. The Hall–Kier alpha value is -1.75. The molecule has 0 aliphatic rings. The van der Waals surface area contributed by atoms with E-state index in [-0.39, 0.29) is 0 Å². The van der Waals surface area contributed by atoms with Crippen LogP contribution in [-0.2, 0) is 0 Å². The van der Waals surface area contributed by atoms with Crippen molar-refractivity contribution >= 4 is 26.8 Å². The lowest BCUT2D eigenvalue weighted by Crippen LogP contribution is -1.91. The first-order chi connectivity index (χ1) is 7.83. The average molecular weight is 275 g/mol. The summed E-state index contributed by atoms with van der Waals surface area (Å²) in [6.45, 7) is 0. The summed E-state index contributed by atoms with van der Waals surface area (Å²) in [4.78, 5) is 4.38. The van der Waals surface area contributed by atoms with E-state index in [4.69, 9.17) is 0 Å². The molecule has 0 aliphatic carbocycles. The van der Waals surface area contributed by atoms with Gasteiger partial charge in [0.25, 0.3) is 0 Å². The van der Waals surface area contributed by atoms with E-state index in [1.807, 2.05) is 22.8 Å². The lowest BCUT2D eigenvalue weighted by atomic mass is 10.2. The molecule has 0 saturated carbocycles. The second-order valence-electron chi connectivity index (χ2n) is 3.40. The monoisotopic (exact) mass is 274 g/mol. The number of aromatic nitrogens is 4. The Morgan fingerprint density at radius 3 is 2.69 bits per heavy atom. The number of benzene rings is 1. The van der Waals surface area contributed by atoms with Gasteiger partial charge >= 0.3 is 0 Å². The van der Waals surface area contributed by atoms with Crippen LogP contribution in [0, 0.1) is 0 Å². The predicted octanol–water partition coefficient (Wildman–Crippen LogP) is 2.58. The van der Waals surface area contributed by atoms with Crippen molar-refractivity contribution in [3.63, 3.8) is 0 Å². The molecule has 0 saturated heterocycles. The molecule has 78 valence electrons. The van der Waals surface area contributed by atoms with E-state index in [1.54, 1.807) is 18.9 Å². The molecule has 0 spiro atoms. The highest BCUT2D eigenvalue weighted by molar-refractivity contribution is 9.10. The van der Waals surface area contributed by atoms with Crippen molar-refractivity contribution in [1.29, 1.82) is 0 Å². The van der Waals surface area contributed by atoms with Crippen LogP contribution >= 0.6 is 15.9 Å². The van der Waals surface area contributed by atoms with Crippen LogP contribution in [0.15, 0.2) is 47.6 Å².